The van der Waals surface area contributed by atoms with Crippen LogP contribution < -0.4 is 5.32 Å². The van der Waals surface area contributed by atoms with E-state index in [0.29, 0.717) is 16.9 Å². The highest BCUT2D eigenvalue weighted by Crippen LogP contribution is 2.27. The van der Waals surface area contributed by atoms with Crippen molar-refractivity contribution in [1.82, 2.24) is 5.32 Å². The number of aliphatic carboxylic acids is 1. The van der Waals surface area contributed by atoms with E-state index in [4.69, 9.17) is 9.15 Å². The molecule has 7 heteroatoms. The fourth-order valence-corrected chi connectivity index (χ4v) is 3.36. The van der Waals surface area contributed by atoms with Gasteiger partial charge in [-0.3, -0.25) is 0 Å². The molecule has 6 nitrogen and oxygen atoms in total. The van der Waals surface area contributed by atoms with Crippen molar-refractivity contribution in [3.8, 4) is 11.1 Å². The van der Waals surface area contributed by atoms with Crippen LogP contribution in [-0.4, -0.2) is 23.2 Å². The summed E-state index contributed by atoms with van der Waals surface area (Å²) in [5, 5.41) is 12.6. The molecule has 0 unspecified atom stereocenters. The second-order valence-corrected chi connectivity index (χ2v) is 7.27. The normalized spacial score (nSPS) is 11.8. The maximum Gasteiger partial charge on any atom is 0.408 e. The first-order chi connectivity index (χ1) is 15.5. The van der Waals surface area contributed by atoms with E-state index in [2.05, 4.69) is 5.32 Å². The van der Waals surface area contributed by atoms with Crippen molar-refractivity contribution in [2.75, 3.05) is 0 Å². The third-order valence-corrected chi connectivity index (χ3v) is 4.96. The van der Waals surface area contributed by atoms with Crippen LogP contribution in [0.25, 0.3) is 22.1 Å². The second kappa shape index (κ2) is 9.34. The Morgan fingerprint density at radius 3 is 2.44 bits per heavy atom. The van der Waals surface area contributed by atoms with E-state index in [1.807, 2.05) is 48.5 Å². The maximum absolute atomic E-state index is 13.0. The number of rotatable bonds is 7. The van der Waals surface area contributed by atoms with Gasteiger partial charge in [0.05, 0.1) is 0 Å². The smallest absolute Gasteiger partial charge is 0.408 e. The summed E-state index contributed by atoms with van der Waals surface area (Å²) in [6, 6.07) is 21.7. The van der Waals surface area contributed by atoms with Gasteiger partial charge in [-0.1, -0.05) is 48.5 Å². The van der Waals surface area contributed by atoms with Crippen LogP contribution in [0.15, 0.2) is 83.3 Å². The molecule has 0 aliphatic carbocycles. The van der Waals surface area contributed by atoms with Gasteiger partial charge in [0, 0.05) is 11.8 Å². The Morgan fingerprint density at radius 1 is 0.969 bits per heavy atom. The van der Waals surface area contributed by atoms with E-state index < -0.39 is 23.9 Å². The first-order valence-electron chi connectivity index (χ1n) is 9.96. The van der Waals surface area contributed by atoms with Crippen molar-refractivity contribution in [1.29, 1.82) is 0 Å². The Balaban J connectivity index is 1.38. The fourth-order valence-electron chi connectivity index (χ4n) is 3.36. The molecule has 0 bridgehead atoms. The van der Waals surface area contributed by atoms with Crippen molar-refractivity contribution < 1.29 is 28.2 Å². The minimum atomic E-state index is -1.22. The van der Waals surface area contributed by atoms with Crippen molar-refractivity contribution in [3.63, 3.8) is 0 Å². The van der Waals surface area contributed by atoms with Crippen LogP contribution in [0.2, 0.25) is 0 Å². The standard InChI is InChI=1S/C25H20FNO5/c26-20-9-6-16(7-10-20)12-22(24(28)29)27-25(30)31-15-21-14-19-13-18(8-11-23(19)32-21)17-4-2-1-3-5-17/h1-11,13-14,22H,12,15H2,(H,27,30)(H,28,29)/t22-/m1/s1. The van der Waals surface area contributed by atoms with Crippen LogP contribution in [0.3, 0.4) is 0 Å². The van der Waals surface area contributed by atoms with Crippen LogP contribution in [0.5, 0.6) is 0 Å². The molecule has 2 N–H and O–H groups in total. The zero-order chi connectivity index (χ0) is 22.5. The molecular formula is C25H20FNO5. The van der Waals surface area contributed by atoms with Gasteiger partial charge in [0.15, 0.2) is 6.61 Å². The maximum atomic E-state index is 13.0. The number of nitrogens with one attached hydrogen (secondary N) is 1. The molecule has 0 saturated heterocycles. The van der Waals surface area contributed by atoms with Gasteiger partial charge in [-0.25, -0.2) is 14.0 Å². The number of hydrogen-bond donors (Lipinski definition) is 2. The monoisotopic (exact) mass is 433 g/mol. The molecule has 4 rings (SSSR count). The van der Waals surface area contributed by atoms with Gasteiger partial charge in [-0.15, -0.1) is 0 Å². The first kappa shape index (κ1) is 21.1. The molecule has 0 fully saturated rings. The summed E-state index contributed by atoms with van der Waals surface area (Å²) in [7, 11) is 0. The van der Waals surface area contributed by atoms with Crippen molar-refractivity contribution in [3.05, 3.63) is 96.0 Å². The van der Waals surface area contributed by atoms with E-state index in [-0.39, 0.29) is 13.0 Å². The van der Waals surface area contributed by atoms with Crippen LogP contribution >= 0.6 is 0 Å². The summed E-state index contributed by atoms with van der Waals surface area (Å²) in [5.74, 6) is -1.20. The molecule has 32 heavy (non-hydrogen) atoms. The number of carboxylic acids is 1. The zero-order valence-corrected chi connectivity index (χ0v) is 17.0. The van der Waals surface area contributed by atoms with Crippen molar-refractivity contribution in [2.24, 2.45) is 0 Å². The molecule has 3 aromatic carbocycles. The third-order valence-electron chi connectivity index (χ3n) is 4.96. The minimum Gasteiger partial charge on any atom is -0.480 e. The number of carbonyl (C=O) groups excluding carboxylic acids is 1. The van der Waals surface area contributed by atoms with E-state index in [1.54, 1.807) is 6.07 Å². The molecule has 0 aliphatic rings. The lowest BCUT2D eigenvalue weighted by Crippen LogP contribution is -2.42. The van der Waals surface area contributed by atoms with E-state index in [0.717, 1.165) is 16.5 Å². The molecule has 162 valence electrons. The molecule has 0 aliphatic heterocycles. The number of carbonyl (C=O) groups is 2. The first-order valence-corrected chi connectivity index (χ1v) is 9.96. The number of carboxylic acid groups (broad SMARTS) is 1. The number of hydrogen-bond acceptors (Lipinski definition) is 4. The lowest BCUT2D eigenvalue weighted by atomic mass is 10.0. The van der Waals surface area contributed by atoms with Gasteiger partial charge >= 0.3 is 12.1 Å². The summed E-state index contributed by atoms with van der Waals surface area (Å²) in [4.78, 5) is 23.6. The van der Waals surface area contributed by atoms with E-state index in [9.17, 15) is 19.1 Å². The van der Waals surface area contributed by atoms with Gasteiger partial charge in [0.25, 0.3) is 0 Å². The Labute approximate surface area is 183 Å². The summed E-state index contributed by atoms with van der Waals surface area (Å²) in [6.07, 6.45) is -0.887. The fraction of sp³-hybridized carbons (Fsp3) is 0.120. The largest absolute Gasteiger partial charge is 0.480 e. The van der Waals surface area contributed by atoms with Gasteiger partial charge < -0.3 is 19.6 Å². The van der Waals surface area contributed by atoms with Gasteiger partial charge in [0.1, 0.15) is 23.2 Å². The molecule has 4 aromatic rings. The molecule has 1 heterocycles. The van der Waals surface area contributed by atoms with Crippen LogP contribution in [0.1, 0.15) is 11.3 Å². The van der Waals surface area contributed by atoms with Crippen molar-refractivity contribution >= 4 is 23.0 Å². The van der Waals surface area contributed by atoms with Crippen LogP contribution in [0, 0.1) is 5.82 Å². The number of benzene rings is 3. The highest BCUT2D eigenvalue weighted by molar-refractivity contribution is 5.84. The summed E-state index contributed by atoms with van der Waals surface area (Å²) in [6.45, 7) is -0.149. The summed E-state index contributed by atoms with van der Waals surface area (Å²) in [5.41, 5.74) is 3.34. The number of amides is 1. The summed E-state index contributed by atoms with van der Waals surface area (Å²) < 4.78 is 23.9. The quantitative estimate of drug-likeness (QED) is 0.420. The topological polar surface area (TPSA) is 88.8 Å². The van der Waals surface area contributed by atoms with Crippen LogP contribution in [0.4, 0.5) is 9.18 Å². The lowest BCUT2D eigenvalue weighted by molar-refractivity contribution is -0.139. The summed E-state index contributed by atoms with van der Waals surface area (Å²) >= 11 is 0. The average molecular weight is 433 g/mol. The predicted molar refractivity (Wildman–Crippen MR) is 116 cm³/mol. The van der Waals surface area contributed by atoms with E-state index in [1.165, 1.54) is 24.3 Å². The molecule has 1 aromatic heterocycles. The molecular weight excluding hydrogens is 413 g/mol. The third kappa shape index (κ3) is 5.13. The number of fused-ring (bicyclic) bond motifs is 1. The highest BCUT2D eigenvalue weighted by Gasteiger charge is 2.21. The predicted octanol–water partition coefficient (Wildman–Crippen LogP) is 5.16. The number of furan rings is 1. The molecule has 1 amide bonds. The second-order valence-electron chi connectivity index (χ2n) is 7.27. The minimum absolute atomic E-state index is 0.00237. The number of ether oxygens (including phenoxy) is 1. The van der Waals surface area contributed by atoms with E-state index >= 15 is 0 Å². The zero-order valence-electron chi connectivity index (χ0n) is 17.0. The Hall–Kier alpha value is -4.13. The van der Waals surface area contributed by atoms with Gasteiger partial charge in [0.2, 0.25) is 0 Å². The Morgan fingerprint density at radius 2 is 1.72 bits per heavy atom. The Bertz CT molecular complexity index is 1230. The van der Waals surface area contributed by atoms with Gasteiger partial charge in [-0.05, 0) is 47.0 Å². The average Bonchev–Trinajstić information content (AvgIpc) is 3.21. The molecule has 1 atom stereocenters. The molecule has 0 spiro atoms. The number of alkyl carbamates (subject to hydrolysis) is 1. The highest BCUT2D eigenvalue weighted by atomic mass is 19.1. The SMILES string of the molecule is O=C(N[C@H](Cc1ccc(F)cc1)C(=O)O)OCc1cc2cc(-c3ccccc3)ccc2o1. The van der Waals surface area contributed by atoms with Crippen LogP contribution in [-0.2, 0) is 22.6 Å². The lowest BCUT2D eigenvalue weighted by Gasteiger charge is -2.14. The molecule has 0 saturated carbocycles. The molecule has 0 radical (unpaired) electrons. The Kier molecular flexibility index (Phi) is 6.17. The van der Waals surface area contributed by atoms with Crippen molar-refractivity contribution in [2.45, 2.75) is 19.1 Å². The van der Waals surface area contributed by atoms with Gasteiger partial charge in [-0.2, -0.15) is 0 Å². The number of halogens is 1.